The molecule has 2 aliphatic rings. The first-order chi connectivity index (χ1) is 9.69. The number of amides is 1. The molecular weight excluding hydrogens is 288 g/mol. The Labute approximate surface area is 132 Å². The van der Waals surface area contributed by atoms with E-state index in [1.165, 1.54) is 6.42 Å². The van der Waals surface area contributed by atoms with E-state index in [1.807, 2.05) is 29.2 Å². The van der Waals surface area contributed by atoms with Crippen LogP contribution in [0, 0.1) is 11.8 Å². The fourth-order valence-corrected chi connectivity index (χ4v) is 3.62. The fourth-order valence-electron chi connectivity index (χ4n) is 3.62. The van der Waals surface area contributed by atoms with E-state index in [1.54, 1.807) is 7.11 Å². The van der Waals surface area contributed by atoms with E-state index in [0.29, 0.717) is 18.4 Å². The Morgan fingerprint density at radius 1 is 1.38 bits per heavy atom. The summed E-state index contributed by atoms with van der Waals surface area (Å²) in [5.74, 6) is 1.24. The standard InChI is InChI=1S/C16H22N2O2.ClH/c1-20-10-11-3-2-4-12(7-11)16(19)18-8-13-5-6-15(17)14(13)9-18;/h2-4,7,13-15H,5-6,8-10,17H2,1H3;1H. The SMILES string of the molecule is COCc1cccc(C(=O)N2CC3CCC(N)C3C2)c1.Cl. The summed E-state index contributed by atoms with van der Waals surface area (Å²) in [6.07, 6.45) is 2.28. The number of hydrogen-bond donors (Lipinski definition) is 1. The molecule has 3 atom stereocenters. The molecule has 21 heavy (non-hydrogen) atoms. The van der Waals surface area contributed by atoms with Gasteiger partial charge in [-0.3, -0.25) is 4.79 Å². The van der Waals surface area contributed by atoms with Gasteiger partial charge in [-0.05, 0) is 42.4 Å². The van der Waals surface area contributed by atoms with Gasteiger partial charge in [0.2, 0.25) is 0 Å². The number of halogens is 1. The number of ether oxygens (including phenoxy) is 1. The Hall–Kier alpha value is -1.10. The number of carbonyl (C=O) groups is 1. The van der Waals surface area contributed by atoms with Crippen LogP contribution in [0.25, 0.3) is 0 Å². The molecule has 2 N–H and O–H groups in total. The largest absolute Gasteiger partial charge is 0.380 e. The lowest BCUT2D eigenvalue weighted by molar-refractivity contribution is 0.0779. The van der Waals surface area contributed by atoms with Crippen LogP contribution in [-0.4, -0.2) is 37.0 Å². The van der Waals surface area contributed by atoms with E-state index in [0.717, 1.165) is 30.6 Å². The summed E-state index contributed by atoms with van der Waals surface area (Å²) in [6, 6.07) is 7.99. The zero-order chi connectivity index (χ0) is 14.1. The summed E-state index contributed by atoms with van der Waals surface area (Å²) in [7, 11) is 1.66. The highest BCUT2D eigenvalue weighted by Gasteiger charge is 2.42. The highest BCUT2D eigenvalue weighted by molar-refractivity contribution is 5.94. The molecule has 3 unspecified atom stereocenters. The van der Waals surface area contributed by atoms with E-state index >= 15 is 0 Å². The molecule has 1 aromatic carbocycles. The van der Waals surface area contributed by atoms with Gasteiger partial charge < -0.3 is 15.4 Å². The molecule has 1 saturated heterocycles. The van der Waals surface area contributed by atoms with Crippen molar-refractivity contribution in [2.75, 3.05) is 20.2 Å². The van der Waals surface area contributed by atoms with Crippen molar-refractivity contribution in [2.45, 2.75) is 25.5 Å². The van der Waals surface area contributed by atoms with Crippen LogP contribution in [0.3, 0.4) is 0 Å². The van der Waals surface area contributed by atoms with Gasteiger partial charge in [-0.15, -0.1) is 12.4 Å². The summed E-state index contributed by atoms with van der Waals surface area (Å²) in [6.45, 7) is 2.22. The first-order valence-corrected chi connectivity index (χ1v) is 7.32. The number of likely N-dealkylation sites (tertiary alicyclic amines) is 1. The first kappa shape index (κ1) is 16.3. The van der Waals surface area contributed by atoms with Crippen LogP contribution in [-0.2, 0) is 11.3 Å². The molecular formula is C16H23ClN2O2. The molecule has 116 valence electrons. The average Bonchev–Trinajstić information content (AvgIpc) is 3.01. The lowest BCUT2D eigenvalue weighted by Gasteiger charge is -2.19. The van der Waals surface area contributed by atoms with E-state index in [9.17, 15) is 4.79 Å². The Morgan fingerprint density at radius 3 is 2.90 bits per heavy atom. The van der Waals surface area contributed by atoms with Crippen molar-refractivity contribution in [2.24, 2.45) is 17.6 Å². The van der Waals surface area contributed by atoms with E-state index in [4.69, 9.17) is 10.5 Å². The topological polar surface area (TPSA) is 55.6 Å². The van der Waals surface area contributed by atoms with E-state index < -0.39 is 0 Å². The molecule has 2 fully saturated rings. The third-order valence-corrected chi connectivity index (χ3v) is 4.68. The maximum absolute atomic E-state index is 12.6. The monoisotopic (exact) mass is 310 g/mol. The van der Waals surface area contributed by atoms with Crippen molar-refractivity contribution in [1.82, 2.24) is 4.90 Å². The summed E-state index contributed by atoms with van der Waals surface area (Å²) in [5, 5.41) is 0. The van der Waals surface area contributed by atoms with Crippen molar-refractivity contribution in [3.05, 3.63) is 35.4 Å². The van der Waals surface area contributed by atoms with Crippen molar-refractivity contribution < 1.29 is 9.53 Å². The van der Waals surface area contributed by atoms with Gasteiger partial charge in [0.15, 0.2) is 0 Å². The molecule has 1 saturated carbocycles. The zero-order valence-corrected chi connectivity index (χ0v) is 13.1. The third kappa shape index (κ3) is 3.23. The number of nitrogens with zero attached hydrogens (tertiary/aromatic N) is 1. The number of methoxy groups -OCH3 is 1. The van der Waals surface area contributed by atoms with Crippen LogP contribution < -0.4 is 5.73 Å². The second-order valence-corrected chi connectivity index (χ2v) is 6.01. The summed E-state index contributed by atoms with van der Waals surface area (Å²) in [5.41, 5.74) is 7.92. The molecule has 0 aromatic heterocycles. The van der Waals surface area contributed by atoms with E-state index in [-0.39, 0.29) is 24.4 Å². The Balaban J connectivity index is 0.00000161. The smallest absolute Gasteiger partial charge is 0.253 e. The third-order valence-electron chi connectivity index (χ3n) is 4.68. The van der Waals surface area contributed by atoms with Crippen LogP contribution in [0.5, 0.6) is 0 Å². The molecule has 1 heterocycles. The predicted molar refractivity (Wildman–Crippen MR) is 84.5 cm³/mol. The summed E-state index contributed by atoms with van der Waals surface area (Å²) >= 11 is 0. The van der Waals surface area contributed by atoms with Crippen LogP contribution in [0.1, 0.15) is 28.8 Å². The van der Waals surface area contributed by atoms with Crippen molar-refractivity contribution in [3.8, 4) is 0 Å². The number of carbonyl (C=O) groups excluding carboxylic acids is 1. The molecule has 0 radical (unpaired) electrons. The average molecular weight is 311 g/mol. The minimum atomic E-state index is 0. The maximum atomic E-state index is 12.6. The molecule has 1 aromatic rings. The van der Waals surface area contributed by atoms with Gasteiger partial charge in [-0.25, -0.2) is 0 Å². The summed E-state index contributed by atoms with van der Waals surface area (Å²) < 4.78 is 5.12. The lowest BCUT2D eigenvalue weighted by Crippen LogP contribution is -2.33. The Morgan fingerprint density at radius 2 is 2.19 bits per heavy atom. The van der Waals surface area contributed by atoms with Crippen LogP contribution in [0.15, 0.2) is 24.3 Å². The van der Waals surface area contributed by atoms with Gasteiger partial charge in [-0.1, -0.05) is 12.1 Å². The minimum Gasteiger partial charge on any atom is -0.380 e. The normalized spacial score (nSPS) is 27.3. The van der Waals surface area contributed by atoms with Crippen LogP contribution >= 0.6 is 12.4 Å². The van der Waals surface area contributed by atoms with Gasteiger partial charge in [0.25, 0.3) is 5.91 Å². The number of hydrogen-bond acceptors (Lipinski definition) is 3. The molecule has 0 spiro atoms. The van der Waals surface area contributed by atoms with Gasteiger partial charge in [-0.2, -0.15) is 0 Å². The zero-order valence-electron chi connectivity index (χ0n) is 12.3. The van der Waals surface area contributed by atoms with Crippen molar-refractivity contribution in [3.63, 3.8) is 0 Å². The van der Waals surface area contributed by atoms with Crippen molar-refractivity contribution in [1.29, 1.82) is 0 Å². The number of rotatable bonds is 3. The van der Waals surface area contributed by atoms with E-state index in [2.05, 4.69) is 0 Å². The molecule has 5 heteroatoms. The Kier molecular flexibility index (Phi) is 5.25. The van der Waals surface area contributed by atoms with Gasteiger partial charge in [0, 0.05) is 31.8 Å². The lowest BCUT2D eigenvalue weighted by atomic mass is 9.98. The second kappa shape index (κ2) is 6.77. The Bertz CT molecular complexity index is 509. The van der Waals surface area contributed by atoms with Crippen LogP contribution in [0.4, 0.5) is 0 Å². The van der Waals surface area contributed by atoms with Gasteiger partial charge in [0.1, 0.15) is 0 Å². The number of fused-ring (bicyclic) bond motifs is 1. The fraction of sp³-hybridized carbons (Fsp3) is 0.562. The van der Waals surface area contributed by atoms with Gasteiger partial charge in [0.05, 0.1) is 6.61 Å². The number of benzene rings is 1. The van der Waals surface area contributed by atoms with Gasteiger partial charge >= 0.3 is 0 Å². The quantitative estimate of drug-likeness (QED) is 0.930. The van der Waals surface area contributed by atoms with Crippen molar-refractivity contribution >= 4 is 18.3 Å². The van der Waals surface area contributed by atoms with Crippen LogP contribution in [0.2, 0.25) is 0 Å². The highest BCUT2D eigenvalue weighted by Crippen LogP contribution is 2.37. The molecule has 4 nitrogen and oxygen atoms in total. The first-order valence-electron chi connectivity index (χ1n) is 7.32. The second-order valence-electron chi connectivity index (χ2n) is 6.01. The molecule has 3 rings (SSSR count). The molecule has 1 amide bonds. The molecule has 1 aliphatic heterocycles. The number of nitrogens with two attached hydrogens (primary N) is 1. The molecule has 0 bridgehead atoms. The maximum Gasteiger partial charge on any atom is 0.253 e. The summed E-state index contributed by atoms with van der Waals surface area (Å²) in [4.78, 5) is 14.6. The minimum absolute atomic E-state index is 0. The highest BCUT2D eigenvalue weighted by atomic mass is 35.5. The molecule has 1 aliphatic carbocycles. The predicted octanol–water partition coefficient (Wildman–Crippen LogP) is 2.06.